The third kappa shape index (κ3) is 4.47. The summed E-state index contributed by atoms with van der Waals surface area (Å²) in [5.41, 5.74) is 0.360. The molecule has 140 valence electrons. The van der Waals surface area contributed by atoms with Crippen molar-refractivity contribution in [2.75, 3.05) is 11.8 Å². The fourth-order valence-corrected chi connectivity index (χ4v) is 4.21. The summed E-state index contributed by atoms with van der Waals surface area (Å²) in [4.78, 5) is -0.139. The SMILES string of the molecule is COc1ccc(S(=O)(=O)Nc2ccc(Oc3ccccc3)cc2)c(Cl)c1Cl. The molecule has 3 aromatic rings. The van der Waals surface area contributed by atoms with E-state index in [1.165, 1.54) is 19.2 Å². The van der Waals surface area contributed by atoms with Crippen LogP contribution in [0.1, 0.15) is 0 Å². The van der Waals surface area contributed by atoms with E-state index in [0.717, 1.165) is 0 Å². The van der Waals surface area contributed by atoms with Crippen molar-refractivity contribution in [3.8, 4) is 17.2 Å². The number of nitrogens with one attached hydrogen (secondary N) is 1. The van der Waals surface area contributed by atoms with E-state index in [-0.39, 0.29) is 14.9 Å². The van der Waals surface area contributed by atoms with Crippen LogP contribution in [-0.2, 0) is 10.0 Å². The highest BCUT2D eigenvalue weighted by Gasteiger charge is 2.22. The lowest BCUT2D eigenvalue weighted by atomic mass is 10.3. The van der Waals surface area contributed by atoms with Gasteiger partial charge >= 0.3 is 0 Å². The lowest BCUT2D eigenvalue weighted by Gasteiger charge is -2.12. The summed E-state index contributed by atoms with van der Waals surface area (Å²) in [7, 11) is -2.51. The predicted octanol–water partition coefficient (Wildman–Crippen LogP) is 5.60. The molecule has 0 saturated heterocycles. The van der Waals surface area contributed by atoms with Crippen molar-refractivity contribution in [3.63, 3.8) is 0 Å². The molecule has 0 bridgehead atoms. The van der Waals surface area contributed by atoms with Gasteiger partial charge in [0.25, 0.3) is 10.0 Å². The zero-order valence-electron chi connectivity index (χ0n) is 14.1. The van der Waals surface area contributed by atoms with Crippen molar-refractivity contribution < 1.29 is 17.9 Å². The number of hydrogen-bond acceptors (Lipinski definition) is 4. The largest absolute Gasteiger partial charge is 0.495 e. The number of ether oxygens (including phenoxy) is 2. The van der Waals surface area contributed by atoms with E-state index in [1.54, 1.807) is 24.3 Å². The second kappa shape index (κ2) is 8.08. The fourth-order valence-electron chi connectivity index (χ4n) is 2.30. The van der Waals surface area contributed by atoms with Gasteiger partial charge in [0.1, 0.15) is 27.2 Å². The summed E-state index contributed by atoms with van der Waals surface area (Å²) in [5.74, 6) is 1.56. The van der Waals surface area contributed by atoms with E-state index in [1.807, 2.05) is 30.3 Å². The zero-order chi connectivity index (χ0) is 19.4. The molecule has 0 aromatic heterocycles. The Balaban J connectivity index is 1.79. The van der Waals surface area contributed by atoms with Crippen molar-refractivity contribution in [3.05, 3.63) is 76.8 Å². The Bertz CT molecular complexity index is 1040. The average molecular weight is 424 g/mol. The molecule has 0 aliphatic heterocycles. The van der Waals surface area contributed by atoms with Crippen LogP contribution in [0.3, 0.4) is 0 Å². The number of para-hydroxylation sites is 1. The van der Waals surface area contributed by atoms with Crippen molar-refractivity contribution in [2.45, 2.75) is 4.90 Å². The van der Waals surface area contributed by atoms with Gasteiger partial charge in [-0.15, -0.1) is 0 Å². The van der Waals surface area contributed by atoms with Gasteiger partial charge < -0.3 is 9.47 Å². The Morgan fingerprint density at radius 3 is 2.07 bits per heavy atom. The number of hydrogen-bond donors (Lipinski definition) is 1. The average Bonchev–Trinajstić information content (AvgIpc) is 2.66. The number of halogens is 2. The second-order valence-electron chi connectivity index (χ2n) is 5.44. The number of sulfonamides is 1. The highest BCUT2D eigenvalue weighted by molar-refractivity contribution is 7.92. The molecule has 0 aliphatic carbocycles. The Kier molecular flexibility index (Phi) is 5.79. The minimum Gasteiger partial charge on any atom is -0.495 e. The molecule has 5 nitrogen and oxygen atoms in total. The maximum absolute atomic E-state index is 12.6. The molecule has 0 unspecified atom stereocenters. The van der Waals surface area contributed by atoms with Gasteiger partial charge in [-0.05, 0) is 48.5 Å². The van der Waals surface area contributed by atoms with Crippen LogP contribution >= 0.6 is 23.2 Å². The summed E-state index contributed by atoms with van der Waals surface area (Å²) in [6, 6.07) is 18.6. The van der Waals surface area contributed by atoms with Crippen molar-refractivity contribution in [1.82, 2.24) is 0 Å². The van der Waals surface area contributed by atoms with Gasteiger partial charge in [0.2, 0.25) is 0 Å². The van der Waals surface area contributed by atoms with Crippen LogP contribution in [0.15, 0.2) is 71.6 Å². The highest BCUT2D eigenvalue weighted by atomic mass is 35.5. The first-order valence-corrected chi connectivity index (χ1v) is 10.0. The van der Waals surface area contributed by atoms with E-state index in [4.69, 9.17) is 32.7 Å². The number of benzene rings is 3. The Morgan fingerprint density at radius 1 is 0.815 bits per heavy atom. The Morgan fingerprint density at radius 2 is 1.44 bits per heavy atom. The van der Waals surface area contributed by atoms with E-state index in [2.05, 4.69) is 4.72 Å². The summed E-state index contributed by atoms with van der Waals surface area (Å²) in [6.07, 6.45) is 0. The van der Waals surface area contributed by atoms with Crippen LogP contribution in [0.5, 0.6) is 17.2 Å². The van der Waals surface area contributed by atoms with Crippen LogP contribution in [0.4, 0.5) is 5.69 Å². The minimum absolute atomic E-state index is 0.0358. The topological polar surface area (TPSA) is 64.6 Å². The molecule has 0 aliphatic rings. The van der Waals surface area contributed by atoms with Gasteiger partial charge in [0, 0.05) is 5.69 Å². The van der Waals surface area contributed by atoms with Crippen molar-refractivity contribution in [2.24, 2.45) is 0 Å². The van der Waals surface area contributed by atoms with Gasteiger partial charge in [-0.25, -0.2) is 8.42 Å². The third-order valence-electron chi connectivity index (χ3n) is 3.61. The maximum Gasteiger partial charge on any atom is 0.263 e. The third-order valence-corrected chi connectivity index (χ3v) is 6.01. The van der Waals surface area contributed by atoms with E-state index in [9.17, 15) is 8.42 Å². The Labute approximate surface area is 167 Å². The number of rotatable bonds is 6. The normalized spacial score (nSPS) is 11.1. The monoisotopic (exact) mass is 423 g/mol. The smallest absolute Gasteiger partial charge is 0.263 e. The first kappa shape index (κ1) is 19.4. The zero-order valence-corrected chi connectivity index (χ0v) is 16.5. The van der Waals surface area contributed by atoms with Gasteiger partial charge in [-0.2, -0.15) is 0 Å². The predicted molar refractivity (Wildman–Crippen MR) is 107 cm³/mol. The molecule has 3 rings (SSSR count). The molecule has 3 aromatic carbocycles. The van der Waals surface area contributed by atoms with Crippen LogP contribution < -0.4 is 14.2 Å². The summed E-state index contributed by atoms with van der Waals surface area (Å²) in [6.45, 7) is 0. The molecule has 1 N–H and O–H groups in total. The Hall–Kier alpha value is -2.41. The molecule has 8 heteroatoms. The first-order chi connectivity index (χ1) is 12.9. The quantitative estimate of drug-likeness (QED) is 0.560. The standard InChI is InChI=1S/C19H15Cl2NO4S/c1-25-16-11-12-17(19(21)18(16)20)27(23,24)22-13-7-9-15(10-8-13)26-14-5-3-2-4-6-14/h2-12,22H,1H3. The molecule has 0 heterocycles. The summed E-state index contributed by atoms with van der Waals surface area (Å²) < 4.78 is 38.4. The van der Waals surface area contributed by atoms with Crippen LogP contribution in [-0.4, -0.2) is 15.5 Å². The molecule has 0 saturated carbocycles. The molecular weight excluding hydrogens is 409 g/mol. The molecule has 0 fully saturated rings. The minimum atomic E-state index is -3.93. The van der Waals surface area contributed by atoms with Crippen LogP contribution in [0.2, 0.25) is 10.0 Å². The lowest BCUT2D eigenvalue weighted by Crippen LogP contribution is -2.13. The van der Waals surface area contributed by atoms with Gasteiger partial charge in [0.05, 0.1) is 12.1 Å². The first-order valence-electron chi connectivity index (χ1n) is 7.78. The summed E-state index contributed by atoms with van der Waals surface area (Å²) >= 11 is 12.1. The van der Waals surface area contributed by atoms with E-state index in [0.29, 0.717) is 22.9 Å². The van der Waals surface area contributed by atoms with Crippen molar-refractivity contribution >= 4 is 38.9 Å². The van der Waals surface area contributed by atoms with Gasteiger partial charge in [0.15, 0.2) is 0 Å². The molecule has 0 radical (unpaired) electrons. The maximum atomic E-state index is 12.6. The number of anilines is 1. The number of methoxy groups -OCH3 is 1. The molecule has 27 heavy (non-hydrogen) atoms. The van der Waals surface area contributed by atoms with Gasteiger partial charge in [-0.1, -0.05) is 41.4 Å². The molecule has 0 atom stereocenters. The van der Waals surface area contributed by atoms with Crippen LogP contribution in [0.25, 0.3) is 0 Å². The highest BCUT2D eigenvalue weighted by Crippen LogP contribution is 2.37. The molecule has 0 spiro atoms. The summed E-state index contributed by atoms with van der Waals surface area (Å²) in [5, 5.41) is -0.0683. The molecular formula is C19H15Cl2NO4S. The molecule has 0 amide bonds. The lowest BCUT2D eigenvalue weighted by molar-refractivity contribution is 0.414. The van der Waals surface area contributed by atoms with Crippen molar-refractivity contribution in [1.29, 1.82) is 0 Å². The van der Waals surface area contributed by atoms with E-state index < -0.39 is 10.0 Å². The van der Waals surface area contributed by atoms with E-state index >= 15 is 0 Å². The second-order valence-corrected chi connectivity index (χ2v) is 7.85. The van der Waals surface area contributed by atoms with Gasteiger partial charge in [-0.3, -0.25) is 4.72 Å². The van der Waals surface area contributed by atoms with Crippen LogP contribution in [0, 0.1) is 0 Å². The fraction of sp³-hybridized carbons (Fsp3) is 0.0526.